The Kier molecular flexibility index (Phi) is 4.24. The highest BCUT2D eigenvalue weighted by molar-refractivity contribution is 5.95. The van der Waals surface area contributed by atoms with Gasteiger partial charge in [0.1, 0.15) is 0 Å². The van der Waals surface area contributed by atoms with Crippen molar-refractivity contribution < 1.29 is 9.32 Å². The monoisotopic (exact) mass is 348 g/mol. The first-order valence-electron chi connectivity index (χ1n) is 8.83. The molecule has 1 atom stereocenters. The number of pyridine rings is 1. The first-order chi connectivity index (χ1) is 12.7. The van der Waals surface area contributed by atoms with Gasteiger partial charge in [0.25, 0.3) is 5.91 Å². The summed E-state index contributed by atoms with van der Waals surface area (Å²) in [6, 6.07) is 7.93. The van der Waals surface area contributed by atoms with Crippen LogP contribution in [0.2, 0.25) is 0 Å². The average Bonchev–Trinajstić information content (AvgIpc) is 3.29. The highest BCUT2D eigenvalue weighted by Gasteiger charge is 2.25. The number of benzene rings is 1. The molecular weight excluding hydrogens is 328 g/mol. The van der Waals surface area contributed by atoms with Gasteiger partial charge in [-0.15, -0.1) is 0 Å². The molecule has 1 aliphatic rings. The van der Waals surface area contributed by atoms with E-state index in [1.54, 1.807) is 18.5 Å². The molecule has 132 valence electrons. The van der Waals surface area contributed by atoms with Crippen molar-refractivity contribution >= 4 is 5.91 Å². The molecule has 0 saturated heterocycles. The van der Waals surface area contributed by atoms with E-state index in [1.807, 2.05) is 19.9 Å². The number of amides is 1. The third-order valence-electron chi connectivity index (χ3n) is 4.82. The number of hydrogen-bond donors (Lipinski definition) is 1. The van der Waals surface area contributed by atoms with Crippen molar-refractivity contribution in [2.24, 2.45) is 0 Å². The van der Waals surface area contributed by atoms with Crippen LogP contribution in [0.1, 0.15) is 52.3 Å². The highest BCUT2D eigenvalue weighted by Crippen LogP contribution is 2.34. The van der Waals surface area contributed by atoms with Crippen molar-refractivity contribution in [1.82, 2.24) is 20.4 Å². The first kappa shape index (κ1) is 16.4. The lowest BCUT2D eigenvalue weighted by Crippen LogP contribution is -2.27. The summed E-state index contributed by atoms with van der Waals surface area (Å²) in [5.41, 5.74) is 4.88. The van der Waals surface area contributed by atoms with E-state index in [9.17, 15) is 4.79 Å². The molecule has 0 unspecified atom stereocenters. The lowest BCUT2D eigenvalue weighted by atomic mass is 10.0. The van der Waals surface area contributed by atoms with Crippen LogP contribution >= 0.6 is 0 Å². The molecule has 0 fully saturated rings. The number of fused-ring (bicyclic) bond motifs is 1. The maximum atomic E-state index is 12.6. The van der Waals surface area contributed by atoms with Crippen molar-refractivity contribution in [2.75, 3.05) is 0 Å². The molecule has 6 heteroatoms. The van der Waals surface area contributed by atoms with E-state index < -0.39 is 0 Å². The van der Waals surface area contributed by atoms with Crippen molar-refractivity contribution in [2.45, 2.75) is 39.2 Å². The van der Waals surface area contributed by atoms with Gasteiger partial charge in [-0.05, 0) is 48.6 Å². The van der Waals surface area contributed by atoms with E-state index in [-0.39, 0.29) is 11.9 Å². The van der Waals surface area contributed by atoms with E-state index in [0.29, 0.717) is 17.3 Å². The number of carbonyl (C=O) groups excluding carboxylic acids is 1. The summed E-state index contributed by atoms with van der Waals surface area (Å²) in [7, 11) is 0. The number of nitrogens with zero attached hydrogens (tertiary/aromatic N) is 3. The minimum Gasteiger partial charge on any atom is -0.345 e. The molecule has 26 heavy (non-hydrogen) atoms. The molecule has 1 amide bonds. The Bertz CT molecular complexity index is 964. The van der Waals surface area contributed by atoms with Gasteiger partial charge >= 0.3 is 0 Å². The van der Waals surface area contributed by atoms with Crippen molar-refractivity contribution in [3.05, 3.63) is 64.8 Å². The Morgan fingerprint density at radius 2 is 2.23 bits per heavy atom. The summed E-state index contributed by atoms with van der Waals surface area (Å²) < 4.78 is 5.20. The second-order valence-electron chi connectivity index (χ2n) is 6.53. The van der Waals surface area contributed by atoms with Gasteiger partial charge in [-0.2, -0.15) is 4.98 Å². The molecule has 3 aromatic rings. The van der Waals surface area contributed by atoms with Gasteiger partial charge in [-0.25, -0.2) is 0 Å². The number of carbonyl (C=O) groups is 1. The molecule has 6 nitrogen and oxygen atoms in total. The van der Waals surface area contributed by atoms with Crippen molar-refractivity contribution in [1.29, 1.82) is 0 Å². The summed E-state index contributed by atoms with van der Waals surface area (Å²) >= 11 is 0. The van der Waals surface area contributed by atoms with Crippen LogP contribution in [0.5, 0.6) is 0 Å². The molecule has 0 saturated carbocycles. The summed E-state index contributed by atoms with van der Waals surface area (Å²) in [5.74, 6) is 1.19. The molecule has 0 bridgehead atoms. The Labute approximate surface area is 151 Å². The van der Waals surface area contributed by atoms with Crippen LogP contribution in [0.3, 0.4) is 0 Å². The fourth-order valence-corrected chi connectivity index (χ4v) is 3.39. The molecule has 2 aromatic heterocycles. The second-order valence-corrected chi connectivity index (χ2v) is 6.53. The van der Waals surface area contributed by atoms with Gasteiger partial charge in [0.05, 0.1) is 6.04 Å². The highest BCUT2D eigenvalue weighted by atomic mass is 16.5. The average molecular weight is 348 g/mol. The van der Waals surface area contributed by atoms with Gasteiger partial charge < -0.3 is 9.84 Å². The topological polar surface area (TPSA) is 80.9 Å². The van der Waals surface area contributed by atoms with Crippen molar-refractivity contribution in [3.8, 4) is 11.4 Å². The van der Waals surface area contributed by atoms with Crippen LogP contribution in [0, 0.1) is 6.92 Å². The number of rotatable bonds is 4. The van der Waals surface area contributed by atoms with Gasteiger partial charge in [0.2, 0.25) is 11.7 Å². The number of aromatic nitrogens is 3. The molecule has 0 spiro atoms. The van der Waals surface area contributed by atoms with Crippen LogP contribution < -0.4 is 5.32 Å². The predicted molar refractivity (Wildman–Crippen MR) is 96.6 cm³/mol. The zero-order chi connectivity index (χ0) is 18.1. The predicted octanol–water partition coefficient (Wildman–Crippen LogP) is 3.42. The van der Waals surface area contributed by atoms with Crippen LogP contribution in [-0.4, -0.2) is 21.0 Å². The SMILES string of the molecule is CCc1nc(-c2ccc3c(c2)CC[C@H]3NC(=O)c2ccncc2C)no1. The van der Waals surface area contributed by atoms with Crippen LogP contribution in [0.4, 0.5) is 0 Å². The molecule has 4 rings (SSSR count). The Balaban J connectivity index is 1.55. The minimum absolute atomic E-state index is 0.0237. The van der Waals surface area contributed by atoms with Crippen LogP contribution in [-0.2, 0) is 12.8 Å². The molecule has 0 aliphatic heterocycles. The zero-order valence-corrected chi connectivity index (χ0v) is 14.8. The lowest BCUT2D eigenvalue weighted by molar-refractivity contribution is 0.0936. The first-order valence-corrected chi connectivity index (χ1v) is 8.83. The van der Waals surface area contributed by atoms with Gasteiger partial charge in [-0.3, -0.25) is 9.78 Å². The second kappa shape index (κ2) is 6.71. The smallest absolute Gasteiger partial charge is 0.252 e. The Morgan fingerprint density at radius 3 is 3.00 bits per heavy atom. The van der Waals surface area contributed by atoms with E-state index in [4.69, 9.17) is 4.52 Å². The molecule has 0 radical (unpaired) electrons. The maximum absolute atomic E-state index is 12.6. The standard InChI is InChI=1S/C20H20N4O2/c1-3-18-23-19(24-26-18)14-4-6-16-13(10-14)5-7-17(16)22-20(25)15-8-9-21-11-12(15)2/h4,6,8-11,17H,3,5,7H2,1-2H3,(H,22,25)/t17-/m1/s1. The van der Waals surface area contributed by atoms with E-state index in [2.05, 4.69) is 32.6 Å². The van der Waals surface area contributed by atoms with E-state index >= 15 is 0 Å². The van der Waals surface area contributed by atoms with Gasteiger partial charge in [0, 0.05) is 29.9 Å². The summed E-state index contributed by atoms with van der Waals surface area (Å²) in [5, 5.41) is 7.19. The third-order valence-corrected chi connectivity index (χ3v) is 4.82. The number of hydrogen-bond acceptors (Lipinski definition) is 5. The molecule has 1 N–H and O–H groups in total. The maximum Gasteiger partial charge on any atom is 0.252 e. The fraction of sp³-hybridized carbons (Fsp3) is 0.300. The Morgan fingerprint density at radius 1 is 1.35 bits per heavy atom. The summed E-state index contributed by atoms with van der Waals surface area (Å²) in [6.45, 7) is 3.88. The molecule has 1 aromatic carbocycles. The van der Waals surface area contributed by atoms with Crippen LogP contribution in [0.25, 0.3) is 11.4 Å². The summed E-state index contributed by atoms with van der Waals surface area (Å²) in [6.07, 6.45) is 5.88. The van der Waals surface area contributed by atoms with Gasteiger partial charge in [0.15, 0.2) is 0 Å². The van der Waals surface area contributed by atoms with Crippen molar-refractivity contribution in [3.63, 3.8) is 0 Å². The number of aryl methyl sites for hydroxylation is 3. The molecule has 1 aliphatic carbocycles. The Hall–Kier alpha value is -3.02. The quantitative estimate of drug-likeness (QED) is 0.781. The molecule has 2 heterocycles. The number of nitrogens with one attached hydrogen (secondary N) is 1. The summed E-state index contributed by atoms with van der Waals surface area (Å²) in [4.78, 5) is 21.0. The van der Waals surface area contributed by atoms with Crippen LogP contribution in [0.15, 0.2) is 41.2 Å². The minimum atomic E-state index is -0.0578. The van der Waals surface area contributed by atoms with E-state index in [1.165, 1.54) is 5.56 Å². The van der Waals surface area contributed by atoms with E-state index in [0.717, 1.165) is 36.0 Å². The lowest BCUT2D eigenvalue weighted by Gasteiger charge is -2.15. The fourth-order valence-electron chi connectivity index (χ4n) is 3.39. The molecular formula is C20H20N4O2. The largest absolute Gasteiger partial charge is 0.345 e. The third kappa shape index (κ3) is 2.98. The zero-order valence-electron chi connectivity index (χ0n) is 14.8. The normalized spacial score (nSPS) is 15.7. The van der Waals surface area contributed by atoms with Gasteiger partial charge in [-0.1, -0.05) is 24.2 Å².